The summed E-state index contributed by atoms with van der Waals surface area (Å²) in [6.07, 6.45) is 1.35. The van der Waals surface area contributed by atoms with Gasteiger partial charge in [0.25, 0.3) is 0 Å². The molecule has 8 nitrogen and oxygen atoms in total. The van der Waals surface area contributed by atoms with E-state index >= 15 is 0 Å². The molecule has 0 saturated heterocycles. The van der Waals surface area contributed by atoms with Crippen LogP contribution in [-0.4, -0.2) is 19.1 Å². The van der Waals surface area contributed by atoms with Crippen LogP contribution in [0.25, 0.3) is 22.5 Å². The smallest absolute Gasteiger partial charge is 0.339 e. The van der Waals surface area contributed by atoms with Crippen LogP contribution in [0.3, 0.4) is 0 Å². The lowest BCUT2D eigenvalue weighted by molar-refractivity contribution is 0.482. The van der Waals surface area contributed by atoms with Crippen LogP contribution < -0.4 is 21.9 Å². The highest BCUT2D eigenvalue weighted by Gasteiger charge is 2.20. The van der Waals surface area contributed by atoms with Gasteiger partial charge in [-0.25, -0.2) is 19.3 Å². The number of hydrogen-bond donors (Lipinski definition) is 2. The van der Waals surface area contributed by atoms with Crippen LogP contribution >= 0.6 is 0 Å². The predicted molar refractivity (Wildman–Crippen MR) is 123 cm³/mol. The minimum absolute atomic E-state index is 0.217. The van der Waals surface area contributed by atoms with Crippen LogP contribution in [0.2, 0.25) is 0 Å². The topological polar surface area (TPSA) is 114 Å². The van der Waals surface area contributed by atoms with Gasteiger partial charge in [-0.15, -0.1) is 0 Å². The molecule has 8 heteroatoms. The second kappa shape index (κ2) is 8.01. The van der Waals surface area contributed by atoms with Gasteiger partial charge in [0.15, 0.2) is 11.5 Å². The highest BCUT2D eigenvalue weighted by atomic mass is 16.5. The van der Waals surface area contributed by atoms with E-state index in [9.17, 15) is 4.79 Å². The maximum absolute atomic E-state index is 13.5. The quantitative estimate of drug-likeness (QED) is 0.447. The first-order valence-electron chi connectivity index (χ1n) is 10.0. The minimum atomic E-state index is -0.301. The Morgan fingerprint density at radius 3 is 2.09 bits per heavy atom. The maximum Gasteiger partial charge on any atom is 0.339 e. The monoisotopic (exact) mass is 424 g/mol. The molecule has 158 valence electrons. The molecule has 0 atom stereocenters. The van der Waals surface area contributed by atoms with Gasteiger partial charge >= 0.3 is 5.69 Å². The van der Waals surface area contributed by atoms with E-state index in [1.165, 1.54) is 15.5 Å². The number of rotatable bonds is 5. The first-order chi connectivity index (χ1) is 15.7. The average Bonchev–Trinajstić information content (AvgIpc) is 3.13. The highest BCUT2D eigenvalue weighted by Crippen LogP contribution is 2.26. The first-order valence-corrected chi connectivity index (χ1v) is 10.0. The van der Waals surface area contributed by atoms with Crippen molar-refractivity contribution in [2.24, 2.45) is 5.73 Å². The van der Waals surface area contributed by atoms with Crippen molar-refractivity contribution in [2.75, 3.05) is 5.73 Å². The fourth-order valence-electron chi connectivity index (χ4n) is 3.59. The summed E-state index contributed by atoms with van der Waals surface area (Å²) in [5, 5.41) is 0. The van der Waals surface area contributed by atoms with Crippen LogP contribution in [0, 0.1) is 0 Å². The Labute approximate surface area is 183 Å². The van der Waals surface area contributed by atoms with Gasteiger partial charge in [-0.1, -0.05) is 30.3 Å². The van der Waals surface area contributed by atoms with Crippen LogP contribution in [0.4, 0.5) is 5.82 Å². The van der Waals surface area contributed by atoms with Crippen molar-refractivity contribution in [1.29, 1.82) is 0 Å². The van der Waals surface area contributed by atoms with E-state index in [2.05, 4.69) is 9.97 Å². The summed E-state index contributed by atoms with van der Waals surface area (Å²) in [5.41, 5.74) is 14.7. The van der Waals surface area contributed by atoms with Crippen LogP contribution in [0.1, 0.15) is 5.56 Å². The van der Waals surface area contributed by atoms with Gasteiger partial charge in [0.05, 0.1) is 11.4 Å². The number of benzene rings is 3. The summed E-state index contributed by atoms with van der Waals surface area (Å²) in [5.74, 6) is 1.60. The Morgan fingerprint density at radius 2 is 1.41 bits per heavy atom. The van der Waals surface area contributed by atoms with Crippen LogP contribution in [0.5, 0.6) is 11.5 Å². The first kappa shape index (κ1) is 19.5. The van der Waals surface area contributed by atoms with Gasteiger partial charge in [-0.3, -0.25) is 4.57 Å². The van der Waals surface area contributed by atoms with Gasteiger partial charge in [0.2, 0.25) is 0 Å². The maximum atomic E-state index is 13.5. The number of hydrogen-bond acceptors (Lipinski definition) is 6. The van der Waals surface area contributed by atoms with E-state index in [-0.39, 0.29) is 11.5 Å². The third kappa shape index (κ3) is 3.38. The normalized spacial score (nSPS) is 11.0. The summed E-state index contributed by atoms with van der Waals surface area (Å²) in [6, 6.07) is 24.1. The Bertz CT molecular complexity index is 1440. The minimum Gasteiger partial charge on any atom is -0.457 e. The largest absolute Gasteiger partial charge is 0.457 e. The second-order valence-electron chi connectivity index (χ2n) is 7.16. The number of nitrogens with two attached hydrogens (primary N) is 2. The Kier molecular flexibility index (Phi) is 4.89. The molecule has 4 N–H and O–H groups in total. The van der Waals surface area contributed by atoms with Crippen molar-refractivity contribution in [3.05, 3.63) is 101 Å². The zero-order valence-electron chi connectivity index (χ0n) is 17.1. The van der Waals surface area contributed by atoms with E-state index in [0.29, 0.717) is 34.8 Å². The van der Waals surface area contributed by atoms with E-state index in [1.807, 2.05) is 54.6 Å². The average molecular weight is 424 g/mol. The van der Waals surface area contributed by atoms with Gasteiger partial charge < -0.3 is 16.2 Å². The van der Waals surface area contributed by atoms with Crippen molar-refractivity contribution in [3.8, 4) is 22.9 Å². The zero-order chi connectivity index (χ0) is 22.1. The molecule has 0 bridgehead atoms. The number of anilines is 1. The standard InChI is InChI=1S/C24H20N6O2/c25-14-16-6-8-18(9-7-16)30-23-21(22(26)27-15-28-23)29(24(30)31)17-10-12-20(13-11-17)32-19-4-2-1-3-5-19/h1-13,15H,14,25H2,(H2,26,27,28). The summed E-state index contributed by atoms with van der Waals surface area (Å²) in [7, 11) is 0. The molecule has 5 rings (SSSR count). The second-order valence-corrected chi connectivity index (χ2v) is 7.16. The lowest BCUT2D eigenvalue weighted by Gasteiger charge is -2.08. The summed E-state index contributed by atoms with van der Waals surface area (Å²) in [6.45, 7) is 0.420. The number of ether oxygens (including phenoxy) is 1. The summed E-state index contributed by atoms with van der Waals surface area (Å²) in [4.78, 5) is 22.0. The fourth-order valence-corrected chi connectivity index (χ4v) is 3.59. The molecular formula is C24H20N6O2. The highest BCUT2D eigenvalue weighted by molar-refractivity contribution is 5.85. The van der Waals surface area contributed by atoms with Gasteiger partial charge in [-0.2, -0.15) is 0 Å². The van der Waals surface area contributed by atoms with Crippen molar-refractivity contribution in [1.82, 2.24) is 19.1 Å². The van der Waals surface area contributed by atoms with Crippen molar-refractivity contribution in [2.45, 2.75) is 6.54 Å². The molecule has 0 aliphatic carbocycles. The molecule has 5 aromatic rings. The van der Waals surface area contributed by atoms with E-state index in [0.717, 1.165) is 11.3 Å². The van der Waals surface area contributed by atoms with Gasteiger partial charge in [0, 0.05) is 6.54 Å². The molecule has 0 spiro atoms. The third-order valence-corrected chi connectivity index (χ3v) is 5.15. The molecule has 3 aromatic carbocycles. The third-order valence-electron chi connectivity index (χ3n) is 5.15. The fraction of sp³-hybridized carbons (Fsp3) is 0.0417. The molecule has 2 aromatic heterocycles. The molecule has 0 unspecified atom stereocenters. The molecule has 0 amide bonds. The van der Waals surface area contributed by atoms with Crippen molar-refractivity contribution < 1.29 is 4.74 Å². The molecule has 0 saturated carbocycles. The lowest BCUT2D eigenvalue weighted by atomic mass is 10.2. The number of nitrogens with zero attached hydrogens (tertiary/aromatic N) is 4. The Balaban J connectivity index is 1.63. The van der Waals surface area contributed by atoms with Crippen LogP contribution in [0.15, 0.2) is 90.0 Å². The zero-order valence-corrected chi connectivity index (χ0v) is 17.1. The Hall–Kier alpha value is -4.43. The molecule has 2 heterocycles. The molecule has 0 aliphatic heterocycles. The lowest BCUT2D eigenvalue weighted by Crippen LogP contribution is -2.22. The van der Waals surface area contributed by atoms with Crippen LogP contribution in [-0.2, 0) is 6.54 Å². The van der Waals surface area contributed by atoms with Crippen molar-refractivity contribution in [3.63, 3.8) is 0 Å². The Morgan fingerprint density at radius 1 is 0.781 bits per heavy atom. The predicted octanol–water partition coefficient (Wildman–Crippen LogP) is 3.40. The number of imidazole rings is 1. The van der Waals surface area contributed by atoms with E-state index in [4.69, 9.17) is 16.2 Å². The van der Waals surface area contributed by atoms with E-state index in [1.54, 1.807) is 24.3 Å². The van der Waals surface area contributed by atoms with E-state index < -0.39 is 0 Å². The molecule has 32 heavy (non-hydrogen) atoms. The molecule has 0 fully saturated rings. The van der Waals surface area contributed by atoms with Crippen molar-refractivity contribution >= 4 is 17.0 Å². The number of nitrogen functional groups attached to an aromatic ring is 1. The summed E-state index contributed by atoms with van der Waals surface area (Å²) >= 11 is 0. The summed E-state index contributed by atoms with van der Waals surface area (Å²) < 4.78 is 8.88. The molecular weight excluding hydrogens is 404 g/mol. The van der Waals surface area contributed by atoms with Gasteiger partial charge in [0.1, 0.15) is 23.3 Å². The molecule has 0 aliphatic rings. The molecule has 0 radical (unpaired) electrons. The number of fused-ring (bicyclic) bond motifs is 1. The number of aromatic nitrogens is 4. The SMILES string of the molecule is NCc1ccc(-n2c(=O)n(-c3ccc(Oc4ccccc4)cc3)c3c(N)ncnc32)cc1. The number of para-hydroxylation sites is 1. The van der Waals surface area contributed by atoms with Gasteiger partial charge in [-0.05, 0) is 54.1 Å².